The lowest BCUT2D eigenvalue weighted by atomic mass is 9.89. The zero-order chi connectivity index (χ0) is 17.2. The normalized spacial score (nSPS) is 24.6. The average Bonchev–Trinajstić information content (AvgIpc) is 3.12. The van der Waals surface area contributed by atoms with Crippen LogP contribution in [-0.2, 0) is 17.7 Å². The minimum Gasteiger partial charge on any atom is -0.389 e. The first kappa shape index (κ1) is 16.8. The van der Waals surface area contributed by atoms with Gasteiger partial charge in [-0.15, -0.1) is 0 Å². The van der Waals surface area contributed by atoms with E-state index in [4.69, 9.17) is 4.74 Å². The maximum absolute atomic E-state index is 10.5. The second-order valence-corrected chi connectivity index (χ2v) is 7.36. The smallest absolute Gasteiger partial charge is 0.0900 e. The first-order valence-corrected chi connectivity index (χ1v) is 9.49. The zero-order valence-corrected chi connectivity index (χ0v) is 15.0. The Morgan fingerprint density at radius 2 is 2.08 bits per heavy atom. The molecule has 0 saturated heterocycles. The van der Waals surface area contributed by atoms with Gasteiger partial charge in [-0.1, -0.05) is 24.3 Å². The molecular weight excluding hydrogens is 312 g/mol. The van der Waals surface area contributed by atoms with E-state index in [1.807, 2.05) is 0 Å². The molecule has 0 saturated carbocycles. The summed E-state index contributed by atoms with van der Waals surface area (Å²) in [7, 11) is 0. The van der Waals surface area contributed by atoms with E-state index in [-0.39, 0.29) is 6.10 Å². The standard InChI is InChI=1S/C21H28N2O2/c1-16-20-9-5-11-22(20)12-13-23(16)14-18(24)15-25-21-10-4-7-17-6-2-3-8-19(17)21/h2-3,5-6,8-9,11,16,18,21,24H,4,7,10,12-15H2,1H3. The molecule has 0 radical (unpaired) electrons. The fourth-order valence-corrected chi connectivity index (χ4v) is 4.31. The minimum atomic E-state index is -0.446. The van der Waals surface area contributed by atoms with E-state index in [9.17, 15) is 5.11 Å². The Labute approximate surface area is 150 Å². The lowest BCUT2D eigenvalue weighted by Gasteiger charge is -2.36. The summed E-state index contributed by atoms with van der Waals surface area (Å²) in [5, 5.41) is 10.5. The summed E-state index contributed by atoms with van der Waals surface area (Å²) in [6, 6.07) is 13.2. The van der Waals surface area contributed by atoms with Crippen molar-refractivity contribution in [3.63, 3.8) is 0 Å². The first-order valence-electron chi connectivity index (χ1n) is 9.49. The van der Waals surface area contributed by atoms with Gasteiger partial charge in [0.2, 0.25) is 0 Å². The predicted octanol–water partition coefficient (Wildman–Crippen LogP) is 3.32. The number of aliphatic hydroxyl groups is 1. The lowest BCUT2D eigenvalue weighted by Crippen LogP contribution is -2.42. The molecule has 0 bridgehead atoms. The van der Waals surface area contributed by atoms with Gasteiger partial charge < -0.3 is 14.4 Å². The van der Waals surface area contributed by atoms with Gasteiger partial charge in [-0.05, 0) is 49.4 Å². The highest BCUT2D eigenvalue weighted by atomic mass is 16.5. The van der Waals surface area contributed by atoms with Gasteiger partial charge in [0, 0.05) is 37.6 Å². The fraction of sp³-hybridized carbons (Fsp3) is 0.524. The molecule has 1 aliphatic heterocycles. The van der Waals surface area contributed by atoms with Crippen LogP contribution >= 0.6 is 0 Å². The van der Waals surface area contributed by atoms with E-state index >= 15 is 0 Å². The van der Waals surface area contributed by atoms with Crippen LogP contribution < -0.4 is 0 Å². The number of rotatable bonds is 5. The van der Waals surface area contributed by atoms with Gasteiger partial charge in [0.15, 0.2) is 0 Å². The molecule has 3 atom stereocenters. The minimum absolute atomic E-state index is 0.135. The van der Waals surface area contributed by atoms with Crippen LogP contribution in [0, 0.1) is 0 Å². The van der Waals surface area contributed by atoms with E-state index in [0.717, 1.165) is 32.4 Å². The fourth-order valence-electron chi connectivity index (χ4n) is 4.31. The topological polar surface area (TPSA) is 37.6 Å². The van der Waals surface area contributed by atoms with Crippen molar-refractivity contribution in [2.75, 3.05) is 19.7 Å². The zero-order valence-electron chi connectivity index (χ0n) is 15.0. The number of aliphatic hydroxyl groups excluding tert-OH is 1. The number of fused-ring (bicyclic) bond motifs is 2. The Hall–Kier alpha value is -1.62. The van der Waals surface area contributed by atoms with Crippen LogP contribution in [0.2, 0.25) is 0 Å². The van der Waals surface area contributed by atoms with E-state index in [0.29, 0.717) is 19.2 Å². The molecule has 2 aromatic rings. The lowest BCUT2D eigenvalue weighted by molar-refractivity contribution is -0.0340. The van der Waals surface area contributed by atoms with E-state index in [1.165, 1.54) is 16.8 Å². The predicted molar refractivity (Wildman–Crippen MR) is 98.5 cm³/mol. The maximum atomic E-state index is 10.5. The van der Waals surface area contributed by atoms with E-state index < -0.39 is 6.10 Å². The van der Waals surface area contributed by atoms with Crippen LogP contribution in [0.25, 0.3) is 0 Å². The van der Waals surface area contributed by atoms with Crippen molar-refractivity contribution in [2.45, 2.75) is 51.0 Å². The number of ether oxygens (including phenoxy) is 1. The molecule has 0 amide bonds. The summed E-state index contributed by atoms with van der Waals surface area (Å²) in [5.74, 6) is 0. The highest BCUT2D eigenvalue weighted by molar-refractivity contribution is 5.31. The molecule has 1 aromatic carbocycles. The molecule has 1 aliphatic carbocycles. The average molecular weight is 340 g/mol. The van der Waals surface area contributed by atoms with Crippen LogP contribution in [0.4, 0.5) is 0 Å². The Balaban J connectivity index is 1.32. The first-order chi connectivity index (χ1) is 12.2. The quantitative estimate of drug-likeness (QED) is 0.907. The highest BCUT2D eigenvalue weighted by Gasteiger charge is 2.26. The molecule has 1 N–H and O–H groups in total. The molecule has 1 aromatic heterocycles. The van der Waals surface area contributed by atoms with Gasteiger partial charge in [0.05, 0.1) is 18.8 Å². The molecule has 2 heterocycles. The summed E-state index contributed by atoms with van der Waals surface area (Å²) in [6.07, 6.45) is 5.19. The summed E-state index contributed by atoms with van der Waals surface area (Å²) < 4.78 is 8.43. The second-order valence-electron chi connectivity index (χ2n) is 7.36. The SMILES string of the molecule is CC1c2cccn2CCN1CC(O)COC1CCCc2ccccc21. The molecular formula is C21H28N2O2. The summed E-state index contributed by atoms with van der Waals surface area (Å²) in [4.78, 5) is 2.36. The highest BCUT2D eigenvalue weighted by Crippen LogP contribution is 2.32. The van der Waals surface area contributed by atoms with Gasteiger partial charge in [0.1, 0.15) is 0 Å². The van der Waals surface area contributed by atoms with Crippen molar-refractivity contribution in [3.05, 3.63) is 59.4 Å². The van der Waals surface area contributed by atoms with Gasteiger partial charge >= 0.3 is 0 Å². The molecule has 25 heavy (non-hydrogen) atoms. The van der Waals surface area contributed by atoms with Crippen molar-refractivity contribution >= 4 is 0 Å². The van der Waals surface area contributed by atoms with E-state index in [2.05, 4.69) is 59.0 Å². The Kier molecular flexibility index (Phi) is 4.93. The number of hydrogen-bond donors (Lipinski definition) is 1. The molecule has 3 unspecified atom stereocenters. The Morgan fingerprint density at radius 3 is 3.00 bits per heavy atom. The van der Waals surface area contributed by atoms with E-state index in [1.54, 1.807) is 0 Å². The van der Waals surface area contributed by atoms with Gasteiger partial charge in [-0.2, -0.15) is 0 Å². The van der Waals surface area contributed by atoms with Crippen molar-refractivity contribution in [3.8, 4) is 0 Å². The molecule has 2 aliphatic rings. The summed E-state index contributed by atoms with van der Waals surface area (Å²) in [5.41, 5.74) is 4.05. The Morgan fingerprint density at radius 1 is 1.20 bits per heavy atom. The van der Waals surface area contributed by atoms with Crippen molar-refractivity contribution in [2.24, 2.45) is 0 Å². The van der Waals surface area contributed by atoms with Crippen LogP contribution in [0.3, 0.4) is 0 Å². The largest absolute Gasteiger partial charge is 0.389 e. The van der Waals surface area contributed by atoms with Crippen LogP contribution in [-0.4, -0.2) is 40.4 Å². The molecule has 0 fully saturated rings. The number of nitrogens with zero attached hydrogens (tertiary/aromatic N) is 2. The Bertz CT molecular complexity index is 711. The van der Waals surface area contributed by atoms with Crippen LogP contribution in [0.15, 0.2) is 42.6 Å². The number of hydrogen-bond acceptors (Lipinski definition) is 3. The van der Waals surface area contributed by atoms with Crippen LogP contribution in [0.1, 0.15) is 48.7 Å². The third-order valence-electron chi connectivity index (χ3n) is 5.72. The monoisotopic (exact) mass is 340 g/mol. The van der Waals surface area contributed by atoms with Gasteiger partial charge in [0.25, 0.3) is 0 Å². The van der Waals surface area contributed by atoms with Gasteiger partial charge in [-0.3, -0.25) is 4.90 Å². The molecule has 4 rings (SSSR count). The third kappa shape index (κ3) is 3.52. The molecule has 0 spiro atoms. The third-order valence-corrected chi connectivity index (χ3v) is 5.72. The molecule has 134 valence electrons. The number of benzene rings is 1. The number of aryl methyl sites for hydroxylation is 1. The van der Waals surface area contributed by atoms with Crippen molar-refractivity contribution in [1.82, 2.24) is 9.47 Å². The summed E-state index contributed by atoms with van der Waals surface area (Å²) >= 11 is 0. The molecule has 4 heteroatoms. The van der Waals surface area contributed by atoms with Crippen molar-refractivity contribution < 1.29 is 9.84 Å². The number of β-amino-alcohol motifs (C(OH)–C–C–N with tert-alkyl or cyclic N) is 1. The maximum Gasteiger partial charge on any atom is 0.0900 e. The number of aromatic nitrogens is 1. The summed E-state index contributed by atoms with van der Waals surface area (Å²) in [6.45, 7) is 5.27. The second kappa shape index (κ2) is 7.32. The van der Waals surface area contributed by atoms with Gasteiger partial charge in [-0.25, -0.2) is 0 Å². The van der Waals surface area contributed by atoms with Crippen molar-refractivity contribution in [1.29, 1.82) is 0 Å². The van der Waals surface area contributed by atoms with Crippen LogP contribution in [0.5, 0.6) is 0 Å². The molecule has 4 nitrogen and oxygen atoms in total.